The number of benzene rings is 2. The van der Waals surface area contributed by atoms with Gasteiger partial charge >= 0.3 is 5.97 Å². The monoisotopic (exact) mass is 368 g/mol. The predicted molar refractivity (Wildman–Crippen MR) is 101 cm³/mol. The highest BCUT2D eigenvalue weighted by atomic mass is 16.5. The molecule has 0 unspecified atom stereocenters. The molecule has 2 amide bonds. The van der Waals surface area contributed by atoms with Crippen LogP contribution in [0.25, 0.3) is 0 Å². The molecule has 0 aliphatic heterocycles. The van der Waals surface area contributed by atoms with Crippen LogP contribution in [0.2, 0.25) is 0 Å². The van der Waals surface area contributed by atoms with Crippen molar-refractivity contribution in [1.82, 2.24) is 0 Å². The molecule has 0 aliphatic rings. The SMILES string of the molecule is CCOC(=O)c1ccc(NC(=O)c2ccc(NC(=O)CC(C)=O)cc2)cc1. The standard InChI is InChI=1S/C20H20N2O5/c1-3-27-20(26)15-6-10-17(11-7-15)22-19(25)14-4-8-16(9-5-14)21-18(24)12-13(2)23/h4-11H,3,12H2,1-2H3,(H,21,24)(H,22,25). The molecule has 7 heteroatoms. The van der Waals surface area contributed by atoms with E-state index in [9.17, 15) is 19.2 Å². The molecule has 0 radical (unpaired) electrons. The van der Waals surface area contributed by atoms with Crippen molar-refractivity contribution >= 4 is 34.9 Å². The number of carbonyl (C=O) groups excluding carboxylic acids is 4. The third-order valence-electron chi connectivity index (χ3n) is 3.49. The van der Waals surface area contributed by atoms with Gasteiger partial charge in [-0.2, -0.15) is 0 Å². The molecule has 0 heterocycles. The Bertz CT molecular complexity index is 842. The number of ether oxygens (including phenoxy) is 1. The van der Waals surface area contributed by atoms with E-state index in [1.807, 2.05) is 0 Å². The van der Waals surface area contributed by atoms with Gasteiger partial charge in [-0.25, -0.2) is 4.79 Å². The highest BCUT2D eigenvalue weighted by Crippen LogP contribution is 2.14. The van der Waals surface area contributed by atoms with Crippen molar-refractivity contribution in [1.29, 1.82) is 0 Å². The summed E-state index contributed by atoms with van der Waals surface area (Å²) < 4.78 is 4.90. The van der Waals surface area contributed by atoms with E-state index in [1.54, 1.807) is 55.5 Å². The van der Waals surface area contributed by atoms with Crippen molar-refractivity contribution in [2.45, 2.75) is 20.3 Å². The molecule has 7 nitrogen and oxygen atoms in total. The van der Waals surface area contributed by atoms with E-state index in [2.05, 4.69) is 10.6 Å². The first kappa shape index (κ1) is 19.8. The number of hydrogen-bond donors (Lipinski definition) is 2. The number of rotatable bonds is 7. The summed E-state index contributed by atoms with van der Waals surface area (Å²) in [5.74, 6) is -1.38. The molecule has 2 aromatic carbocycles. The first-order valence-electron chi connectivity index (χ1n) is 8.37. The normalized spacial score (nSPS) is 10.0. The lowest BCUT2D eigenvalue weighted by Gasteiger charge is -2.08. The average Bonchev–Trinajstić information content (AvgIpc) is 2.62. The lowest BCUT2D eigenvalue weighted by atomic mass is 10.1. The van der Waals surface area contributed by atoms with Crippen LogP contribution >= 0.6 is 0 Å². The Morgan fingerprint density at radius 2 is 1.33 bits per heavy atom. The Balaban J connectivity index is 1.96. The molecule has 140 valence electrons. The van der Waals surface area contributed by atoms with Crippen LogP contribution in [-0.4, -0.2) is 30.2 Å². The summed E-state index contributed by atoms with van der Waals surface area (Å²) in [5.41, 5.74) is 1.83. The van der Waals surface area contributed by atoms with Gasteiger partial charge in [0.15, 0.2) is 0 Å². The van der Waals surface area contributed by atoms with Crippen LogP contribution in [0.5, 0.6) is 0 Å². The fourth-order valence-electron chi connectivity index (χ4n) is 2.24. The Morgan fingerprint density at radius 3 is 1.85 bits per heavy atom. The first-order valence-corrected chi connectivity index (χ1v) is 8.37. The number of nitrogens with one attached hydrogen (secondary N) is 2. The van der Waals surface area contributed by atoms with Gasteiger partial charge in [0.25, 0.3) is 5.91 Å². The van der Waals surface area contributed by atoms with E-state index in [-0.39, 0.29) is 18.1 Å². The highest BCUT2D eigenvalue weighted by molar-refractivity contribution is 6.06. The minimum absolute atomic E-state index is 0.190. The van der Waals surface area contributed by atoms with E-state index >= 15 is 0 Å². The van der Waals surface area contributed by atoms with Gasteiger partial charge < -0.3 is 15.4 Å². The van der Waals surface area contributed by atoms with Crippen LogP contribution in [0.3, 0.4) is 0 Å². The summed E-state index contributed by atoms with van der Waals surface area (Å²) in [4.78, 5) is 46.4. The zero-order chi connectivity index (χ0) is 19.8. The topological polar surface area (TPSA) is 102 Å². The van der Waals surface area contributed by atoms with Gasteiger partial charge in [0, 0.05) is 16.9 Å². The van der Waals surface area contributed by atoms with E-state index < -0.39 is 11.9 Å². The zero-order valence-electron chi connectivity index (χ0n) is 15.1. The van der Waals surface area contributed by atoms with E-state index in [0.29, 0.717) is 29.1 Å². The molecule has 0 fully saturated rings. The van der Waals surface area contributed by atoms with Gasteiger partial charge in [-0.15, -0.1) is 0 Å². The van der Waals surface area contributed by atoms with Gasteiger partial charge in [-0.3, -0.25) is 14.4 Å². The number of Topliss-reactive ketones (excluding diaryl/α,β-unsaturated/α-hetero) is 1. The fourth-order valence-corrected chi connectivity index (χ4v) is 2.24. The second-order valence-electron chi connectivity index (χ2n) is 5.76. The number of esters is 1. The highest BCUT2D eigenvalue weighted by Gasteiger charge is 2.10. The Morgan fingerprint density at radius 1 is 0.815 bits per heavy atom. The minimum Gasteiger partial charge on any atom is -0.462 e. The number of anilines is 2. The van der Waals surface area contributed by atoms with Crippen LogP contribution < -0.4 is 10.6 Å². The van der Waals surface area contributed by atoms with E-state index in [4.69, 9.17) is 4.74 Å². The largest absolute Gasteiger partial charge is 0.462 e. The molecule has 0 spiro atoms. The summed E-state index contributed by atoms with van der Waals surface area (Å²) in [6, 6.07) is 12.6. The number of ketones is 1. The second-order valence-corrected chi connectivity index (χ2v) is 5.76. The minimum atomic E-state index is -0.419. The summed E-state index contributed by atoms with van der Waals surface area (Å²) >= 11 is 0. The predicted octanol–water partition coefficient (Wildman–Crippen LogP) is 3.03. The quantitative estimate of drug-likeness (QED) is 0.578. The maximum Gasteiger partial charge on any atom is 0.338 e. The fraction of sp³-hybridized carbons (Fsp3) is 0.200. The smallest absolute Gasteiger partial charge is 0.338 e. The third kappa shape index (κ3) is 6.07. The second kappa shape index (κ2) is 9.28. The van der Waals surface area contributed by atoms with Crippen LogP contribution in [0.15, 0.2) is 48.5 Å². The summed E-state index contributed by atoms with van der Waals surface area (Å²) in [6.45, 7) is 3.36. The number of carbonyl (C=O) groups is 4. The summed E-state index contributed by atoms with van der Waals surface area (Å²) in [6.07, 6.45) is -0.190. The zero-order valence-corrected chi connectivity index (χ0v) is 15.1. The molecule has 0 saturated carbocycles. The Labute approximate surface area is 156 Å². The molecule has 0 aromatic heterocycles. The first-order chi connectivity index (χ1) is 12.9. The molecule has 27 heavy (non-hydrogen) atoms. The van der Waals surface area contributed by atoms with Gasteiger partial charge in [0.1, 0.15) is 5.78 Å². The Kier molecular flexibility index (Phi) is 6.82. The van der Waals surface area contributed by atoms with E-state index in [1.165, 1.54) is 6.92 Å². The van der Waals surface area contributed by atoms with E-state index in [0.717, 1.165) is 0 Å². The van der Waals surface area contributed by atoms with Gasteiger partial charge in [0.2, 0.25) is 5.91 Å². The van der Waals surface area contributed by atoms with Crippen molar-refractivity contribution < 1.29 is 23.9 Å². The molecular formula is C20H20N2O5. The lowest BCUT2D eigenvalue weighted by Crippen LogP contribution is -2.15. The molecular weight excluding hydrogens is 348 g/mol. The summed E-state index contributed by atoms with van der Waals surface area (Å²) in [5, 5.41) is 5.30. The number of hydrogen-bond acceptors (Lipinski definition) is 5. The Hall–Kier alpha value is -3.48. The van der Waals surface area contributed by atoms with Gasteiger partial charge in [-0.05, 0) is 62.4 Å². The maximum absolute atomic E-state index is 12.3. The maximum atomic E-state index is 12.3. The average molecular weight is 368 g/mol. The van der Waals surface area contributed by atoms with Crippen molar-refractivity contribution in [3.8, 4) is 0 Å². The molecule has 0 aliphatic carbocycles. The number of amides is 2. The van der Waals surface area contributed by atoms with Crippen LogP contribution in [0, 0.1) is 0 Å². The van der Waals surface area contributed by atoms with Crippen molar-refractivity contribution in [3.63, 3.8) is 0 Å². The van der Waals surface area contributed by atoms with Gasteiger partial charge in [-0.1, -0.05) is 0 Å². The lowest BCUT2D eigenvalue weighted by molar-refractivity contribution is -0.124. The molecule has 0 saturated heterocycles. The van der Waals surface area contributed by atoms with Gasteiger partial charge in [0.05, 0.1) is 18.6 Å². The van der Waals surface area contributed by atoms with Crippen LogP contribution in [-0.2, 0) is 14.3 Å². The third-order valence-corrected chi connectivity index (χ3v) is 3.49. The molecule has 2 N–H and O–H groups in total. The molecule has 0 bridgehead atoms. The molecule has 2 aromatic rings. The summed E-state index contributed by atoms with van der Waals surface area (Å²) in [7, 11) is 0. The van der Waals surface area contributed by atoms with Crippen molar-refractivity contribution in [3.05, 3.63) is 59.7 Å². The van der Waals surface area contributed by atoms with Crippen molar-refractivity contribution in [2.24, 2.45) is 0 Å². The van der Waals surface area contributed by atoms with Crippen LogP contribution in [0.4, 0.5) is 11.4 Å². The molecule has 0 atom stereocenters. The van der Waals surface area contributed by atoms with Crippen molar-refractivity contribution in [2.75, 3.05) is 17.2 Å². The molecule has 2 rings (SSSR count). The van der Waals surface area contributed by atoms with Crippen LogP contribution in [0.1, 0.15) is 41.0 Å².